The summed E-state index contributed by atoms with van der Waals surface area (Å²) in [5.74, 6) is -0.544. The van der Waals surface area contributed by atoms with Crippen molar-refractivity contribution in [2.45, 2.75) is 20.0 Å². The molecular formula is C15H13ClF2O2. The van der Waals surface area contributed by atoms with Crippen molar-refractivity contribution in [2.24, 2.45) is 0 Å². The van der Waals surface area contributed by atoms with Gasteiger partial charge in [0.2, 0.25) is 0 Å². The van der Waals surface area contributed by atoms with Crippen molar-refractivity contribution in [3.05, 3.63) is 58.1 Å². The minimum absolute atomic E-state index is 0.0108. The number of benzene rings is 2. The summed E-state index contributed by atoms with van der Waals surface area (Å²) in [6.45, 7) is 3.08. The van der Waals surface area contributed by atoms with Crippen molar-refractivity contribution >= 4 is 11.6 Å². The Kier molecular flexibility index (Phi) is 4.26. The Morgan fingerprint density at radius 3 is 2.45 bits per heavy atom. The van der Waals surface area contributed by atoms with E-state index in [-0.39, 0.29) is 16.5 Å². The van der Waals surface area contributed by atoms with Crippen molar-refractivity contribution < 1.29 is 18.6 Å². The minimum atomic E-state index is -0.905. The number of aryl methyl sites for hydroxylation is 1. The van der Waals surface area contributed by atoms with E-state index in [0.29, 0.717) is 11.1 Å². The molecule has 0 aliphatic heterocycles. The molecule has 0 saturated carbocycles. The molecule has 2 aromatic carbocycles. The van der Waals surface area contributed by atoms with E-state index in [9.17, 15) is 13.9 Å². The van der Waals surface area contributed by atoms with Crippen LogP contribution in [0.3, 0.4) is 0 Å². The second-order valence-electron chi connectivity index (χ2n) is 4.49. The van der Waals surface area contributed by atoms with Gasteiger partial charge in [0.1, 0.15) is 23.1 Å². The molecule has 1 atom stereocenters. The van der Waals surface area contributed by atoms with E-state index < -0.39 is 17.7 Å². The Morgan fingerprint density at radius 1 is 1.15 bits per heavy atom. The number of hydrogen-bond acceptors (Lipinski definition) is 2. The van der Waals surface area contributed by atoms with Crippen LogP contribution in [0.25, 0.3) is 0 Å². The van der Waals surface area contributed by atoms with Gasteiger partial charge in [-0.2, -0.15) is 0 Å². The molecule has 20 heavy (non-hydrogen) atoms. The number of aliphatic hydroxyl groups excluding tert-OH is 1. The number of hydrogen-bond donors (Lipinski definition) is 1. The molecule has 0 fully saturated rings. The predicted molar refractivity (Wildman–Crippen MR) is 73.3 cm³/mol. The molecule has 2 nitrogen and oxygen atoms in total. The number of ether oxygens (including phenoxy) is 1. The third kappa shape index (κ3) is 3.08. The first-order chi connectivity index (χ1) is 9.38. The van der Waals surface area contributed by atoms with Crippen molar-refractivity contribution in [2.75, 3.05) is 0 Å². The third-order valence-electron chi connectivity index (χ3n) is 2.86. The molecule has 2 rings (SSSR count). The van der Waals surface area contributed by atoms with Crippen molar-refractivity contribution in [3.8, 4) is 11.5 Å². The van der Waals surface area contributed by atoms with Crippen LogP contribution in [0.2, 0.25) is 5.02 Å². The lowest BCUT2D eigenvalue weighted by Crippen LogP contribution is -1.99. The van der Waals surface area contributed by atoms with Crippen LogP contribution in [-0.2, 0) is 0 Å². The third-order valence-corrected chi connectivity index (χ3v) is 3.17. The van der Waals surface area contributed by atoms with Crippen molar-refractivity contribution in [1.82, 2.24) is 0 Å². The van der Waals surface area contributed by atoms with Gasteiger partial charge in [-0.25, -0.2) is 8.78 Å². The molecule has 106 valence electrons. The molecule has 5 heteroatoms. The topological polar surface area (TPSA) is 29.5 Å². The summed E-state index contributed by atoms with van der Waals surface area (Å²) in [6, 6.07) is 6.67. The minimum Gasteiger partial charge on any atom is -0.457 e. The smallest absolute Gasteiger partial charge is 0.145 e. The van der Waals surface area contributed by atoms with Gasteiger partial charge in [-0.3, -0.25) is 0 Å². The van der Waals surface area contributed by atoms with Gasteiger partial charge in [0, 0.05) is 11.6 Å². The lowest BCUT2D eigenvalue weighted by molar-refractivity contribution is 0.195. The van der Waals surface area contributed by atoms with Gasteiger partial charge in [0.15, 0.2) is 0 Å². The molecule has 0 bridgehead atoms. The normalized spacial score (nSPS) is 12.3. The fraction of sp³-hybridized carbons (Fsp3) is 0.200. The van der Waals surface area contributed by atoms with Gasteiger partial charge in [0.05, 0.1) is 11.1 Å². The zero-order valence-corrected chi connectivity index (χ0v) is 11.7. The van der Waals surface area contributed by atoms with Crippen LogP contribution in [0.5, 0.6) is 11.5 Å². The van der Waals surface area contributed by atoms with E-state index >= 15 is 0 Å². The first-order valence-electron chi connectivity index (χ1n) is 5.99. The second kappa shape index (κ2) is 5.77. The maximum absolute atomic E-state index is 13.5. The summed E-state index contributed by atoms with van der Waals surface area (Å²) < 4.78 is 32.4. The predicted octanol–water partition coefficient (Wildman–Crippen LogP) is 4.77. The molecule has 0 saturated heterocycles. The highest BCUT2D eigenvalue weighted by molar-refractivity contribution is 6.30. The Labute approximate surface area is 120 Å². The van der Waals surface area contributed by atoms with E-state index in [0.717, 1.165) is 6.07 Å². The first-order valence-corrected chi connectivity index (χ1v) is 6.37. The average Bonchev–Trinajstić information content (AvgIpc) is 2.37. The van der Waals surface area contributed by atoms with E-state index in [2.05, 4.69) is 0 Å². The highest BCUT2D eigenvalue weighted by Gasteiger charge is 2.14. The molecule has 0 spiro atoms. The average molecular weight is 299 g/mol. The Hall–Kier alpha value is -1.65. The van der Waals surface area contributed by atoms with Crippen LogP contribution in [0.1, 0.15) is 24.2 Å². The van der Waals surface area contributed by atoms with Crippen LogP contribution in [-0.4, -0.2) is 5.11 Å². The SMILES string of the molecule is Cc1cc(Oc2ccc(Cl)c(F)c2)c([C@H](C)O)cc1F. The van der Waals surface area contributed by atoms with Crippen LogP contribution in [0.15, 0.2) is 30.3 Å². The fourth-order valence-corrected chi connectivity index (χ4v) is 1.87. The Balaban J connectivity index is 2.41. The van der Waals surface area contributed by atoms with Gasteiger partial charge >= 0.3 is 0 Å². The van der Waals surface area contributed by atoms with E-state index in [1.165, 1.54) is 31.2 Å². The Bertz CT molecular complexity index is 642. The Morgan fingerprint density at radius 2 is 1.85 bits per heavy atom. The summed E-state index contributed by atoms with van der Waals surface area (Å²) in [7, 11) is 0. The molecule has 0 aliphatic rings. The zero-order valence-electron chi connectivity index (χ0n) is 11.0. The molecule has 1 N–H and O–H groups in total. The largest absolute Gasteiger partial charge is 0.457 e. The van der Waals surface area contributed by atoms with Gasteiger partial charge in [-0.1, -0.05) is 11.6 Å². The maximum atomic E-state index is 13.5. The standard InChI is InChI=1S/C15H13ClF2O2/c1-8-5-15(11(9(2)19)7-13(8)17)20-10-3-4-12(16)14(18)6-10/h3-7,9,19H,1-2H3/t9-/m0/s1. The first kappa shape index (κ1) is 14.8. The quantitative estimate of drug-likeness (QED) is 0.884. The summed E-state index contributed by atoms with van der Waals surface area (Å²) in [4.78, 5) is 0. The summed E-state index contributed by atoms with van der Waals surface area (Å²) in [5, 5.41) is 9.64. The van der Waals surface area contributed by atoms with Crippen molar-refractivity contribution in [3.63, 3.8) is 0 Å². The molecule has 0 amide bonds. The molecule has 0 radical (unpaired) electrons. The number of aliphatic hydroxyl groups is 1. The fourth-order valence-electron chi connectivity index (χ4n) is 1.75. The zero-order chi connectivity index (χ0) is 14.9. The van der Waals surface area contributed by atoms with Crippen molar-refractivity contribution in [1.29, 1.82) is 0 Å². The summed E-state index contributed by atoms with van der Waals surface area (Å²) in [6.07, 6.45) is -0.905. The highest BCUT2D eigenvalue weighted by atomic mass is 35.5. The number of rotatable bonds is 3. The number of halogens is 3. The molecular weight excluding hydrogens is 286 g/mol. The van der Waals surface area contributed by atoms with Crippen LogP contribution in [0.4, 0.5) is 8.78 Å². The molecule has 0 aliphatic carbocycles. The maximum Gasteiger partial charge on any atom is 0.145 e. The lowest BCUT2D eigenvalue weighted by atomic mass is 10.1. The highest BCUT2D eigenvalue weighted by Crippen LogP contribution is 2.33. The van der Waals surface area contributed by atoms with Gasteiger partial charge in [-0.05, 0) is 43.7 Å². The lowest BCUT2D eigenvalue weighted by Gasteiger charge is -2.15. The molecule has 0 unspecified atom stereocenters. The monoisotopic (exact) mass is 298 g/mol. The van der Waals surface area contributed by atoms with Crippen LogP contribution < -0.4 is 4.74 Å². The van der Waals surface area contributed by atoms with Gasteiger partial charge in [-0.15, -0.1) is 0 Å². The van der Waals surface area contributed by atoms with Gasteiger partial charge < -0.3 is 9.84 Å². The second-order valence-corrected chi connectivity index (χ2v) is 4.90. The van der Waals surface area contributed by atoms with Crippen LogP contribution >= 0.6 is 11.6 Å². The van der Waals surface area contributed by atoms with E-state index in [1.807, 2.05) is 0 Å². The molecule has 0 aromatic heterocycles. The summed E-state index contributed by atoms with van der Waals surface area (Å²) in [5.41, 5.74) is 0.669. The van der Waals surface area contributed by atoms with Gasteiger partial charge in [0.25, 0.3) is 0 Å². The molecule has 2 aromatic rings. The van der Waals surface area contributed by atoms with E-state index in [4.69, 9.17) is 16.3 Å². The van der Waals surface area contributed by atoms with Crippen LogP contribution in [0, 0.1) is 18.6 Å². The summed E-state index contributed by atoms with van der Waals surface area (Å²) >= 11 is 5.59. The molecule has 0 heterocycles. The van der Waals surface area contributed by atoms with E-state index in [1.54, 1.807) is 6.92 Å².